The molecule has 118 valence electrons. The van der Waals surface area contributed by atoms with E-state index in [2.05, 4.69) is 12.1 Å². The predicted octanol–water partition coefficient (Wildman–Crippen LogP) is 1.82. The molecule has 2 fully saturated rings. The Kier molecular flexibility index (Phi) is 4.71. The zero-order chi connectivity index (χ0) is 15.5. The summed E-state index contributed by atoms with van der Waals surface area (Å²) in [5, 5.41) is 0. The molecule has 0 N–H and O–H groups in total. The lowest BCUT2D eigenvalue weighted by Crippen LogP contribution is -2.51. The van der Waals surface area contributed by atoms with Gasteiger partial charge in [0.2, 0.25) is 11.8 Å². The Morgan fingerprint density at radius 2 is 1.73 bits per heavy atom. The molecule has 1 saturated carbocycles. The molecule has 1 aliphatic heterocycles. The van der Waals surface area contributed by atoms with E-state index in [1.807, 2.05) is 34.3 Å². The second-order valence-corrected chi connectivity index (χ2v) is 6.86. The molecule has 3 rings (SSSR count). The van der Waals surface area contributed by atoms with Crippen LogP contribution >= 0.6 is 11.8 Å². The van der Waals surface area contributed by atoms with Crippen LogP contribution in [-0.2, 0) is 9.59 Å². The minimum absolute atomic E-state index is 0.149. The molecule has 0 spiro atoms. The standard InChI is InChI=1S/C17H22N2O2S/c1-22-12-16(20)18-7-9-19(10-8-18)17(21)15-11-14(15)13-5-3-2-4-6-13/h2-6,14-15H,7-12H2,1H3/t14-,15+/m0/s1. The van der Waals surface area contributed by atoms with Gasteiger partial charge in [-0.05, 0) is 24.2 Å². The zero-order valence-corrected chi connectivity index (χ0v) is 13.7. The number of piperazine rings is 1. The first-order valence-electron chi connectivity index (χ1n) is 7.81. The second-order valence-electron chi connectivity index (χ2n) is 6.00. The summed E-state index contributed by atoms with van der Waals surface area (Å²) in [5.74, 6) is 1.53. The average Bonchev–Trinajstić information content (AvgIpc) is 3.36. The van der Waals surface area contributed by atoms with Crippen molar-refractivity contribution in [2.45, 2.75) is 12.3 Å². The molecule has 1 saturated heterocycles. The molecule has 1 aliphatic carbocycles. The van der Waals surface area contributed by atoms with Crippen molar-refractivity contribution in [2.75, 3.05) is 38.2 Å². The van der Waals surface area contributed by atoms with Crippen LogP contribution < -0.4 is 0 Å². The number of rotatable bonds is 4. The van der Waals surface area contributed by atoms with Gasteiger partial charge in [-0.25, -0.2) is 0 Å². The lowest BCUT2D eigenvalue weighted by atomic mass is 10.1. The van der Waals surface area contributed by atoms with Crippen LogP contribution in [0, 0.1) is 5.92 Å². The van der Waals surface area contributed by atoms with Crippen LogP contribution in [0.5, 0.6) is 0 Å². The fraction of sp³-hybridized carbons (Fsp3) is 0.529. The molecule has 2 amide bonds. The summed E-state index contributed by atoms with van der Waals surface area (Å²) < 4.78 is 0. The van der Waals surface area contributed by atoms with Crippen LogP contribution in [0.1, 0.15) is 17.9 Å². The topological polar surface area (TPSA) is 40.6 Å². The van der Waals surface area contributed by atoms with Crippen LogP contribution in [-0.4, -0.2) is 59.8 Å². The summed E-state index contributed by atoms with van der Waals surface area (Å²) in [5.41, 5.74) is 1.27. The van der Waals surface area contributed by atoms with Gasteiger partial charge >= 0.3 is 0 Å². The third-order valence-electron chi connectivity index (χ3n) is 4.55. The van der Waals surface area contributed by atoms with E-state index in [9.17, 15) is 9.59 Å². The van der Waals surface area contributed by atoms with Crippen molar-refractivity contribution in [1.29, 1.82) is 0 Å². The van der Waals surface area contributed by atoms with Crippen LogP contribution in [0.25, 0.3) is 0 Å². The maximum atomic E-state index is 12.6. The molecule has 2 atom stereocenters. The van der Waals surface area contributed by atoms with E-state index >= 15 is 0 Å². The Morgan fingerprint density at radius 1 is 1.09 bits per heavy atom. The monoisotopic (exact) mass is 318 g/mol. The third kappa shape index (κ3) is 3.29. The van der Waals surface area contributed by atoms with Gasteiger partial charge in [0.05, 0.1) is 5.75 Å². The first-order chi connectivity index (χ1) is 10.7. The summed E-state index contributed by atoms with van der Waals surface area (Å²) in [6, 6.07) is 10.3. The van der Waals surface area contributed by atoms with E-state index in [1.165, 1.54) is 5.56 Å². The van der Waals surface area contributed by atoms with Crippen LogP contribution in [0.2, 0.25) is 0 Å². The van der Waals surface area contributed by atoms with Crippen molar-refractivity contribution < 1.29 is 9.59 Å². The van der Waals surface area contributed by atoms with Gasteiger partial charge in [-0.1, -0.05) is 30.3 Å². The molecule has 1 heterocycles. The molecule has 22 heavy (non-hydrogen) atoms. The Balaban J connectivity index is 1.50. The molecule has 0 unspecified atom stereocenters. The Bertz CT molecular complexity index is 541. The van der Waals surface area contributed by atoms with E-state index in [-0.39, 0.29) is 17.7 Å². The number of amides is 2. The van der Waals surface area contributed by atoms with Gasteiger partial charge in [0.15, 0.2) is 0 Å². The molecule has 0 bridgehead atoms. The van der Waals surface area contributed by atoms with Gasteiger partial charge in [-0.2, -0.15) is 11.8 Å². The van der Waals surface area contributed by atoms with E-state index in [4.69, 9.17) is 0 Å². The number of hydrogen-bond donors (Lipinski definition) is 0. The Morgan fingerprint density at radius 3 is 2.36 bits per heavy atom. The summed E-state index contributed by atoms with van der Waals surface area (Å²) in [4.78, 5) is 28.2. The number of hydrogen-bond acceptors (Lipinski definition) is 3. The largest absolute Gasteiger partial charge is 0.339 e. The summed E-state index contributed by atoms with van der Waals surface area (Å²) >= 11 is 1.55. The number of carbonyl (C=O) groups is 2. The number of carbonyl (C=O) groups excluding carboxylic acids is 2. The molecule has 5 heteroatoms. The van der Waals surface area contributed by atoms with Gasteiger partial charge in [0, 0.05) is 32.1 Å². The highest BCUT2D eigenvalue weighted by molar-refractivity contribution is 7.99. The minimum Gasteiger partial charge on any atom is -0.339 e. The fourth-order valence-corrected chi connectivity index (χ4v) is 3.59. The molecule has 0 aromatic heterocycles. The van der Waals surface area contributed by atoms with Crippen LogP contribution in [0.15, 0.2) is 30.3 Å². The molecule has 1 aromatic carbocycles. The summed E-state index contributed by atoms with van der Waals surface area (Å²) in [6.07, 6.45) is 2.91. The maximum absolute atomic E-state index is 12.6. The molecule has 0 radical (unpaired) electrons. The molecular formula is C17H22N2O2S. The first kappa shape index (κ1) is 15.4. The van der Waals surface area contributed by atoms with Crippen LogP contribution in [0.3, 0.4) is 0 Å². The first-order valence-corrected chi connectivity index (χ1v) is 9.20. The highest BCUT2D eigenvalue weighted by Crippen LogP contribution is 2.48. The summed E-state index contributed by atoms with van der Waals surface area (Å²) in [6.45, 7) is 2.70. The van der Waals surface area contributed by atoms with Gasteiger partial charge < -0.3 is 9.80 Å². The number of thioether (sulfide) groups is 1. The minimum atomic E-state index is 0.149. The van der Waals surface area contributed by atoms with E-state index in [0.717, 1.165) is 6.42 Å². The fourth-order valence-electron chi connectivity index (χ4n) is 3.16. The molecular weight excluding hydrogens is 296 g/mol. The lowest BCUT2D eigenvalue weighted by molar-refractivity contribution is -0.139. The second kappa shape index (κ2) is 6.73. The van der Waals surface area contributed by atoms with E-state index < -0.39 is 0 Å². The van der Waals surface area contributed by atoms with Crippen molar-refractivity contribution in [3.8, 4) is 0 Å². The van der Waals surface area contributed by atoms with Crippen molar-refractivity contribution >= 4 is 23.6 Å². The maximum Gasteiger partial charge on any atom is 0.232 e. The van der Waals surface area contributed by atoms with Crippen molar-refractivity contribution in [1.82, 2.24) is 9.80 Å². The van der Waals surface area contributed by atoms with Crippen molar-refractivity contribution in [3.05, 3.63) is 35.9 Å². The van der Waals surface area contributed by atoms with E-state index in [0.29, 0.717) is 37.8 Å². The van der Waals surface area contributed by atoms with Gasteiger partial charge in [0.25, 0.3) is 0 Å². The smallest absolute Gasteiger partial charge is 0.232 e. The van der Waals surface area contributed by atoms with E-state index in [1.54, 1.807) is 11.8 Å². The third-order valence-corrected chi connectivity index (χ3v) is 5.08. The normalized spacial score (nSPS) is 24.2. The predicted molar refractivity (Wildman–Crippen MR) is 88.8 cm³/mol. The average molecular weight is 318 g/mol. The van der Waals surface area contributed by atoms with Gasteiger partial charge in [-0.3, -0.25) is 9.59 Å². The Hall–Kier alpha value is -1.49. The molecule has 1 aromatic rings. The highest BCUT2D eigenvalue weighted by Gasteiger charge is 2.46. The van der Waals surface area contributed by atoms with Crippen molar-refractivity contribution in [2.24, 2.45) is 5.92 Å². The molecule has 4 nitrogen and oxygen atoms in total. The lowest BCUT2D eigenvalue weighted by Gasteiger charge is -2.35. The van der Waals surface area contributed by atoms with Crippen molar-refractivity contribution in [3.63, 3.8) is 0 Å². The number of benzene rings is 1. The summed E-state index contributed by atoms with van der Waals surface area (Å²) in [7, 11) is 0. The quantitative estimate of drug-likeness (QED) is 0.850. The van der Waals surface area contributed by atoms with Gasteiger partial charge in [0.1, 0.15) is 0 Å². The zero-order valence-electron chi connectivity index (χ0n) is 12.9. The van der Waals surface area contributed by atoms with Crippen LogP contribution in [0.4, 0.5) is 0 Å². The Labute approximate surface area is 135 Å². The highest BCUT2D eigenvalue weighted by atomic mass is 32.2. The SMILES string of the molecule is CSCC(=O)N1CCN(C(=O)[C@@H]2C[C@H]2c2ccccc2)CC1. The van der Waals surface area contributed by atoms with Gasteiger partial charge in [-0.15, -0.1) is 0 Å². The number of nitrogens with zero attached hydrogens (tertiary/aromatic N) is 2. The molecule has 2 aliphatic rings.